The van der Waals surface area contributed by atoms with Crippen LogP contribution in [0.4, 0.5) is 5.82 Å². The first-order valence-corrected chi connectivity index (χ1v) is 5.77. The molecule has 0 aliphatic carbocycles. The first-order valence-electron chi connectivity index (χ1n) is 5.36. The lowest BCUT2D eigenvalue weighted by Gasteiger charge is -2.08. The number of hydrogen-bond acceptors (Lipinski definition) is 6. The number of hydrogen-bond donors (Lipinski definition) is 2. The predicted octanol–water partition coefficient (Wildman–Crippen LogP) is 1.33. The normalized spacial score (nSPS) is 10.3. The van der Waals surface area contributed by atoms with Gasteiger partial charge >= 0.3 is 0 Å². The van der Waals surface area contributed by atoms with Crippen molar-refractivity contribution in [3.05, 3.63) is 34.8 Å². The smallest absolute Gasteiger partial charge is 0.159 e. The highest BCUT2D eigenvalue weighted by Gasteiger charge is 2.11. The second kappa shape index (κ2) is 5.09. The van der Waals surface area contributed by atoms with Gasteiger partial charge in [-0.15, -0.1) is 5.10 Å². The molecule has 0 aromatic carbocycles. The molecule has 3 N–H and O–H groups in total. The van der Waals surface area contributed by atoms with Gasteiger partial charge in [0.2, 0.25) is 0 Å². The van der Waals surface area contributed by atoms with E-state index in [1.54, 1.807) is 12.3 Å². The third-order valence-electron chi connectivity index (χ3n) is 2.60. The third kappa shape index (κ3) is 2.45. The molecule has 0 unspecified atom stereocenters. The van der Waals surface area contributed by atoms with Crippen LogP contribution >= 0.6 is 12.2 Å². The molecule has 0 atom stereocenters. The summed E-state index contributed by atoms with van der Waals surface area (Å²) in [6, 6.07) is 1.73. The Kier molecular flexibility index (Phi) is 3.52. The van der Waals surface area contributed by atoms with Crippen LogP contribution in [0.15, 0.2) is 16.8 Å². The molecule has 94 valence electrons. The number of anilines is 1. The number of rotatable bonds is 4. The van der Waals surface area contributed by atoms with E-state index in [1.165, 1.54) is 0 Å². The zero-order valence-electron chi connectivity index (χ0n) is 10.1. The summed E-state index contributed by atoms with van der Waals surface area (Å²) in [4.78, 5) is 0.283. The van der Waals surface area contributed by atoms with Crippen molar-refractivity contribution in [2.24, 2.45) is 5.73 Å². The quantitative estimate of drug-likeness (QED) is 0.804. The number of nitrogens with two attached hydrogens (primary N) is 1. The van der Waals surface area contributed by atoms with Gasteiger partial charge in [-0.2, -0.15) is 5.10 Å². The average Bonchev–Trinajstić information content (AvgIpc) is 2.67. The monoisotopic (exact) mass is 263 g/mol. The predicted molar refractivity (Wildman–Crippen MR) is 71.2 cm³/mol. The van der Waals surface area contributed by atoms with Crippen molar-refractivity contribution in [1.82, 2.24) is 15.4 Å². The molecule has 0 bridgehead atoms. The van der Waals surface area contributed by atoms with Crippen molar-refractivity contribution in [1.29, 1.82) is 0 Å². The third-order valence-corrected chi connectivity index (χ3v) is 2.82. The fourth-order valence-corrected chi connectivity index (χ4v) is 1.75. The number of aryl methyl sites for hydroxylation is 2. The van der Waals surface area contributed by atoms with E-state index in [0.717, 1.165) is 17.0 Å². The number of thiocarbonyl (C=S) groups is 1. The summed E-state index contributed by atoms with van der Waals surface area (Å²) in [6.07, 6.45) is 1.55. The van der Waals surface area contributed by atoms with Crippen LogP contribution in [0.5, 0.6) is 0 Å². The van der Waals surface area contributed by atoms with Crippen LogP contribution in [0, 0.1) is 13.8 Å². The molecule has 2 aromatic rings. The van der Waals surface area contributed by atoms with Gasteiger partial charge < -0.3 is 15.6 Å². The maximum Gasteiger partial charge on any atom is 0.159 e. The fraction of sp³-hybridized carbons (Fsp3) is 0.273. The summed E-state index contributed by atoms with van der Waals surface area (Å²) >= 11 is 4.95. The first kappa shape index (κ1) is 12.4. The Morgan fingerprint density at radius 1 is 1.50 bits per heavy atom. The first-order chi connectivity index (χ1) is 8.59. The largest absolute Gasteiger partial charge is 0.389 e. The number of nitrogens with zero attached hydrogens (tertiary/aromatic N) is 3. The molecule has 0 aliphatic rings. The van der Waals surface area contributed by atoms with Gasteiger partial charge in [0.25, 0.3) is 0 Å². The van der Waals surface area contributed by atoms with Crippen LogP contribution in [0.25, 0.3) is 0 Å². The van der Waals surface area contributed by atoms with Crippen molar-refractivity contribution >= 4 is 23.0 Å². The van der Waals surface area contributed by atoms with Gasteiger partial charge in [-0.3, -0.25) is 0 Å². The highest BCUT2D eigenvalue weighted by molar-refractivity contribution is 7.80. The Morgan fingerprint density at radius 3 is 2.89 bits per heavy atom. The van der Waals surface area contributed by atoms with E-state index in [9.17, 15) is 0 Å². The standard InChI is InChI=1S/C11H13N5OS/c1-6-9(7(2)17-16-6)5-13-11-8(10(12)18)3-4-14-15-11/h3-4H,5H2,1-2H3,(H2,12,18)(H,13,15). The minimum atomic E-state index is 0.283. The lowest BCUT2D eigenvalue weighted by atomic mass is 10.2. The summed E-state index contributed by atoms with van der Waals surface area (Å²) in [7, 11) is 0. The summed E-state index contributed by atoms with van der Waals surface area (Å²) in [6.45, 7) is 4.29. The summed E-state index contributed by atoms with van der Waals surface area (Å²) in [5.74, 6) is 1.34. The summed E-state index contributed by atoms with van der Waals surface area (Å²) < 4.78 is 5.08. The molecular formula is C11H13N5OS. The molecule has 0 saturated carbocycles. The Balaban J connectivity index is 2.18. The lowest BCUT2D eigenvalue weighted by molar-refractivity contribution is 0.392. The van der Waals surface area contributed by atoms with E-state index in [-0.39, 0.29) is 4.99 Å². The Bertz CT molecular complexity index is 561. The number of nitrogens with one attached hydrogen (secondary N) is 1. The van der Waals surface area contributed by atoms with Crippen LogP contribution < -0.4 is 11.1 Å². The highest BCUT2D eigenvalue weighted by atomic mass is 32.1. The van der Waals surface area contributed by atoms with Crippen LogP contribution in [0.3, 0.4) is 0 Å². The zero-order valence-corrected chi connectivity index (χ0v) is 10.9. The van der Waals surface area contributed by atoms with Gasteiger partial charge in [-0.05, 0) is 19.9 Å². The Labute approximate surface area is 110 Å². The molecule has 0 amide bonds. The van der Waals surface area contributed by atoms with E-state index in [2.05, 4.69) is 20.7 Å². The van der Waals surface area contributed by atoms with Gasteiger partial charge in [0, 0.05) is 12.1 Å². The molecule has 2 rings (SSSR count). The van der Waals surface area contributed by atoms with E-state index in [0.29, 0.717) is 17.9 Å². The second-order valence-electron chi connectivity index (χ2n) is 3.81. The molecule has 18 heavy (non-hydrogen) atoms. The topological polar surface area (TPSA) is 89.9 Å². The van der Waals surface area contributed by atoms with E-state index >= 15 is 0 Å². The molecule has 0 radical (unpaired) electrons. The second-order valence-corrected chi connectivity index (χ2v) is 4.25. The van der Waals surface area contributed by atoms with Crippen LogP contribution in [0.1, 0.15) is 22.6 Å². The molecule has 0 spiro atoms. The lowest BCUT2D eigenvalue weighted by Crippen LogP contribution is -2.15. The maximum absolute atomic E-state index is 5.62. The van der Waals surface area contributed by atoms with Crippen molar-refractivity contribution < 1.29 is 4.52 Å². The molecular weight excluding hydrogens is 250 g/mol. The molecule has 2 heterocycles. The van der Waals surface area contributed by atoms with Crippen molar-refractivity contribution in [2.45, 2.75) is 20.4 Å². The van der Waals surface area contributed by atoms with Gasteiger partial charge in [0.15, 0.2) is 5.82 Å². The van der Waals surface area contributed by atoms with Crippen LogP contribution in [-0.2, 0) is 6.54 Å². The maximum atomic E-state index is 5.62. The van der Waals surface area contributed by atoms with Crippen molar-refractivity contribution in [3.8, 4) is 0 Å². The molecule has 7 heteroatoms. The molecule has 6 nitrogen and oxygen atoms in total. The molecule has 2 aromatic heterocycles. The minimum Gasteiger partial charge on any atom is -0.389 e. The Hall–Kier alpha value is -2.02. The minimum absolute atomic E-state index is 0.283. The Morgan fingerprint density at radius 2 is 2.28 bits per heavy atom. The van der Waals surface area contributed by atoms with Gasteiger partial charge in [-0.25, -0.2) is 0 Å². The van der Waals surface area contributed by atoms with E-state index in [1.807, 2.05) is 13.8 Å². The van der Waals surface area contributed by atoms with Gasteiger partial charge in [0.05, 0.1) is 17.5 Å². The fourth-order valence-electron chi connectivity index (χ4n) is 1.59. The summed E-state index contributed by atoms with van der Waals surface area (Å²) in [5, 5.41) is 14.8. The molecule has 0 saturated heterocycles. The molecule has 0 aliphatic heterocycles. The van der Waals surface area contributed by atoms with Crippen LogP contribution in [-0.4, -0.2) is 20.3 Å². The highest BCUT2D eigenvalue weighted by Crippen LogP contribution is 2.16. The van der Waals surface area contributed by atoms with E-state index < -0.39 is 0 Å². The van der Waals surface area contributed by atoms with Crippen LogP contribution in [0.2, 0.25) is 0 Å². The zero-order chi connectivity index (χ0) is 13.1. The SMILES string of the molecule is Cc1noc(C)c1CNc1nnccc1C(N)=S. The molecule has 0 fully saturated rings. The van der Waals surface area contributed by atoms with Crippen molar-refractivity contribution in [2.75, 3.05) is 5.32 Å². The summed E-state index contributed by atoms with van der Waals surface area (Å²) in [5.41, 5.74) is 8.13. The van der Waals surface area contributed by atoms with E-state index in [4.69, 9.17) is 22.5 Å². The average molecular weight is 263 g/mol. The van der Waals surface area contributed by atoms with Crippen molar-refractivity contribution in [3.63, 3.8) is 0 Å². The number of aromatic nitrogens is 3. The van der Waals surface area contributed by atoms with Gasteiger partial charge in [0.1, 0.15) is 10.7 Å². The van der Waals surface area contributed by atoms with Gasteiger partial charge in [-0.1, -0.05) is 17.4 Å².